The van der Waals surface area contributed by atoms with Crippen molar-refractivity contribution < 1.29 is 19.0 Å². The van der Waals surface area contributed by atoms with Gasteiger partial charge in [-0.15, -0.1) is 0 Å². The highest BCUT2D eigenvalue weighted by Crippen LogP contribution is 2.26. The summed E-state index contributed by atoms with van der Waals surface area (Å²) in [4.78, 5) is 21.5. The van der Waals surface area contributed by atoms with Gasteiger partial charge in [-0.05, 0) is 55.4 Å². The Morgan fingerprint density at radius 1 is 0.698 bits per heavy atom. The molecule has 1 heterocycles. The minimum atomic E-state index is -0.312. The fourth-order valence-corrected chi connectivity index (χ4v) is 4.78. The average molecular weight is 589 g/mol. The Morgan fingerprint density at radius 3 is 1.91 bits per heavy atom. The molecule has 0 aliphatic heterocycles. The van der Waals surface area contributed by atoms with Crippen LogP contribution in [0.2, 0.25) is 0 Å². The second kappa shape index (κ2) is 19.8. The van der Waals surface area contributed by atoms with E-state index in [4.69, 9.17) is 14.2 Å². The minimum absolute atomic E-state index is 0.274. The van der Waals surface area contributed by atoms with E-state index in [0.717, 1.165) is 36.0 Å². The van der Waals surface area contributed by atoms with Crippen molar-refractivity contribution in [3.05, 3.63) is 60.9 Å². The van der Waals surface area contributed by atoms with Crippen molar-refractivity contribution in [2.24, 2.45) is 11.8 Å². The number of benzene rings is 2. The molecule has 3 rings (SSSR count). The molecule has 0 bridgehead atoms. The van der Waals surface area contributed by atoms with E-state index in [9.17, 15) is 4.79 Å². The molecule has 3 aromatic rings. The third-order valence-electron chi connectivity index (χ3n) is 7.90. The lowest BCUT2D eigenvalue weighted by Crippen LogP contribution is -2.22. The van der Waals surface area contributed by atoms with E-state index in [-0.39, 0.29) is 11.9 Å². The lowest BCUT2D eigenvalue weighted by atomic mass is 10.0. The first-order valence-electron chi connectivity index (χ1n) is 16.4. The van der Waals surface area contributed by atoms with E-state index >= 15 is 0 Å². The van der Waals surface area contributed by atoms with Crippen molar-refractivity contribution in [2.75, 3.05) is 19.8 Å². The van der Waals surface area contributed by atoms with Crippen molar-refractivity contribution in [2.45, 2.75) is 98.3 Å². The number of unbranched alkanes of at least 4 members (excludes halogenated alkanes) is 7. The highest BCUT2D eigenvalue weighted by Gasteiger charge is 2.16. The summed E-state index contributed by atoms with van der Waals surface area (Å²) < 4.78 is 17.1. The molecule has 0 spiro atoms. The summed E-state index contributed by atoms with van der Waals surface area (Å²) in [6, 6.07) is 15.7. The van der Waals surface area contributed by atoms with Crippen LogP contribution in [0.1, 0.15) is 98.3 Å². The van der Waals surface area contributed by atoms with Crippen LogP contribution >= 0.6 is 0 Å². The van der Waals surface area contributed by atoms with Crippen LogP contribution in [0.4, 0.5) is 0 Å². The summed E-state index contributed by atoms with van der Waals surface area (Å²) >= 11 is 0. The SMILES string of the molecule is CCCCCCCCCCOc1cnc(-c2ccc(-c3ccc(OC(=O)C(C)COCCCC(C)CC)cc3)cc2)nc1. The molecule has 43 heavy (non-hydrogen) atoms. The van der Waals surface area contributed by atoms with Crippen LogP contribution < -0.4 is 9.47 Å². The Hall–Kier alpha value is -3.25. The van der Waals surface area contributed by atoms with Crippen LogP contribution in [0.25, 0.3) is 22.5 Å². The number of rotatable bonds is 21. The maximum atomic E-state index is 12.5. The van der Waals surface area contributed by atoms with Gasteiger partial charge in [0.1, 0.15) is 5.75 Å². The summed E-state index contributed by atoms with van der Waals surface area (Å²) in [5.41, 5.74) is 3.04. The topological polar surface area (TPSA) is 70.5 Å². The fraction of sp³-hybridized carbons (Fsp3) is 0.541. The molecule has 0 radical (unpaired) electrons. The predicted molar refractivity (Wildman–Crippen MR) is 175 cm³/mol. The molecule has 1 aromatic heterocycles. The van der Waals surface area contributed by atoms with E-state index in [1.54, 1.807) is 12.4 Å². The van der Waals surface area contributed by atoms with Gasteiger partial charge in [0.2, 0.25) is 0 Å². The Morgan fingerprint density at radius 2 is 1.28 bits per heavy atom. The standard InChI is InChI=1S/C37H52N2O4/c1-5-7-8-9-10-11-12-13-25-42-35-26-38-36(39-27-35)33-18-16-31(17-19-33)32-20-22-34(23-21-32)43-37(40)30(4)28-41-24-14-15-29(3)6-2/h16-23,26-27,29-30H,5-15,24-25,28H2,1-4H3. The highest BCUT2D eigenvalue weighted by molar-refractivity contribution is 5.75. The zero-order chi connectivity index (χ0) is 30.7. The smallest absolute Gasteiger partial charge is 0.316 e. The predicted octanol–water partition coefficient (Wildman–Crippen LogP) is 9.71. The molecule has 0 saturated heterocycles. The molecule has 234 valence electrons. The Labute approximate surface area is 259 Å². The molecule has 0 amide bonds. The molecule has 2 aromatic carbocycles. The number of carbonyl (C=O) groups excluding carboxylic acids is 1. The molecule has 0 aliphatic carbocycles. The molecule has 2 atom stereocenters. The molecule has 6 heteroatoms. The van der Waals surface area contributed by atoms with Gasteiger partial charge in [0, 0.05) is 12.2 Å². The van der Waals surface area contributed by atoms with Crippen molar-refractivity contribution in [3.8, 4) is 34.0 Å². The molecule has 0 saturated carbocycles. The zero-order valence-electron chi connectivity index (χ0n) is 26.9. The molecule has 0 fully saturated rings. The van der Waals surface area contributed by atoms with Crippen LogP contribution in [0.5, 0.6) is 11.5 Å². The second-order valence-corrected chi connectivity index (χ2v) is 11.7. The maximum Gasteiger partial charge on any atom is 0.316 e. The number of ether oxygens (including phenoxy) is 3. The van der Waals surface area contributed by atoms with Gasteiger partial charge in [0.05, 0.1) is 31.5 Å². The van der Waals surface area contributed by atoms with E-state index in [1.165, 1.54) is 51.4 Å². The molecule has 0 aliphatic rings. The monoisotopic (exact) mass is 588 g/mol. The molecule has 2 unspecified atom stereocenters. The van der Waals surface area contributed by atoms with E-state index in [0.29, 0.717) is 43.1 Å². The van der Waals surface area contributed by atoms with Crippen LogP contribution in [0, 0.1) is 11.8 Å². The first-order chi connectivity index (χ1) is 21.0. The van der Waals surface area contributed by atoms with Crippen molar-refractivity contribution in [1.29, 1.82) is 0 Å². The normalized spacial score (nSPS) is 12.6. The second-order valence-electron chi connectivity index (χ2n) is 11.7. The van der Waals surface area contributed by atoms with Crippen molar-refractivity contribution in [3.63, 3.8) is 0 Å². The lowest BCUT2D eigenvalue weighted by Gasteiger charge is -2.13. The summed E-state index contributed by atoms with van der Waals surface area (Å²) in [5, 5.41) is 0. The first kappa shape index (κ1) is 34.2. The molecular formula is C37H52N2O4. The van der Waals surface area contributed by atoms with Gasteiger partial charge in [-0.2, -0.15) is 0 Å². The van der Waals surface area contributed by atoms with Gasteiger partial charge in [0.25, 0.3) is 0 Å². The van der Waals surface area contributed by atoms with Gasteiger partial charge in [-0.3, -0.25) is 4.79 Å². The van der Waals surface area contributed by atoms with Crippen LogP contribution in [0.15, 0.2) is 60.9 Å². The third-order valence-corrected chi connectivity index (χ3v) is 7.90. The third kappa shape index (κ3) is 12.9. The summed E-state index contributed by atoms with van der Waals surface area (Å²) in [7, 11) is 0. The fourth-order valence-electron chi connectivity index (χ4n) is 4.78. The van der Waals surface area contributed by atoms with E-state index < -0.39 is 0 Å². The maximum absolute atomic E-state index is 12.5. The van der Waals surface area contributed by atoms with Crippen molar-refractivity contribution in [1.82, 2.24) is 9.97 Å². The number of esters is 1. The van der Waals surface area contributed by atoms with Crippen LogP contribution in [-0.4, -0.2) is 35.8 Å². The number of nitrogens with zero attached hydrogens (tertiary/aromatic N) is 2. The quantitative estimate of drug-likeness (QED) is 0.0701. The number of aromatic nitrogens is 2. The lowest BCUT2D eigenvalue weighted by molar-refractivity contribution is -0.140. The van der Waals surface area contributed by atoms with Gasteiger partial charge in [-0.1, -0.05) is 109 Å². The summed E-state index contributed by atoms with van der Waals surface area (Å²) in [6.07, 6.45) is 17.1. The van der Waals surface area contributed by atoms with Gasteiger partial charge in [-0.25, -0.2) is 9.97 Å². The summed E-state index contributed by atoms with van der Waals surface area (Å²) in [5.74, 6) is 2.04. The van der Waals surface area contributed by atoms with Crippen LogP contribution in [0.3, 0.4) is 0 Å². The number of hydrogen-bond acceptors (Lipinski definition) is 6. The van der Waals surface area contributed by atoms with Gasteiger partial charge in [0.15, 0.2) is 11.6 Å². The van der Waals surface area contributed by atoms with Crippen molar-refractivity contribution >= 4 is 5.97 Å². The average Bonchev–Trinajstić information content (AvgIpc) is 3.04. The van der Waals surface area contributed by atoms with Gasteiger partial charge < -0.3 is 14.2 Å². The van der Waals surface area contributed by atoms with E-state index in [1.807, 2.05) is 55.5 Å². The Kier molecular flexibility index (Phi) is 15.8. The first-order valence-corrected chi connectivity index (χ1v) is 16.4. The van der Waals surface area contributed by atoms with Crippen LogP contribution in [-0.2, 0) is 9.53 Å². The largest absolute Gasteiger partial charge is 0.490 e. The molecule has 0 N–H and O–H groups in total. The minimum Gasteiger partial charge on any atom is -0.490 e. The van der Waals surface area contributed by atoms with Gasteiger partial charge >= 0.3 is 5.97 Å². The molecular weight excluding hydrogens is 536 g/mol. The Balaban J connectivity index is 1.39. The number of hydrogen-bond donors (Lipinski definition) is 0. The Bertz CT molecular complexity index is 1160. The summed E-state index contributed by atoms with van der Waals surface area (Å²) in [6.45, 7) is 10.3. The van der Waals surface area contributed by atoms with E-state index in [2.05, 4.69) is 30.7 Å². The zero-order valence-corrected chi connectivity index (χ0v) is 26.9. The highest BCUT2D eigenvalue weighted by atomic mass is 16.5. The molecule has 6 nitrogen and oxygen atoms in total. The number of carbonyl (C=O) groups is 1.